The lowest BCUT2D eigenvalue weighted by Gasteiger charge is -2.20. The van der Waals surface area contributed by atoms with Gasteiger partial charge in [-0.3, -0.25) is 14.4 Å². The highest BCUT2D eigenvalue weighted by Gasteiger charge is 2.20. The summed E-state index contributed by atoms with van der Waals surface area (Å²) in [4.78, 5) is 19.7. The molecule has 142 valence electrons. The van der Waals surface area contributed by atoms with Gasteiger partial charge in [-0.2, -0.15) is 5.10 Å². The molecule has 0 bridgehead atoms. The summed E-state index contributed by atoms with van der Waals surface area (Å²) in [6, 6.07) is 19.9. The SMILES string of the molecule is Cc1cc(C)n(CCN(C(=O)Cc2ccccc2)c2nc3ccccc3s2)n1. The molecule has 0 fully saturated rings. The minimum Gasteiger partial charge on any atom is -0.286 e. The van der Waals surface area contributed by atoms with E-state index in [1.807, 2.05) is 79.2 Å². The van der Waals surface area contributed by atoms with Crippen molar-refractivity contribution in [3.05, 3.63) is 77.6 Å². The molecule has 0 spiro atoms. The number of hydrogen-bond acceptors (Lipinski definition) is 4. The Hall–Kier alpha value is -2.99. The maximum Gasteiger partial charge on any atom is 0.233 e. The Bertz CT molecular complexity index is 1070. The number of aryl methyl sites for hydroxylation is 2. The van der Waals surface area contributed by atoms with Crippen molar-refractivity contribution in [3.63, 3.8) is 0 Å². The molecule has 0 saturated carbocycles. The first kappa shape index (κ1) is 18.4. The van der Waals surface area contributed by atoms with Crippen molar-refractivity contribution in [1.29, 1.82) is 0 Å². The van der Waals surface area contributed by atoms with Gasteiger partial charge in [0.2, 0.25) is 5.91 Å². The van der Waals surface area contributed by atoms with Crippen molar-refractivity contribution >= 4 is 32.6 Å². The lowest BCUT2D eigenvalue weighted by molar-refractivity contribution is -0.118. The number of anilines is 1. The van der Waals surface area contributed by atoms with E-state index in [4.69, 9.17) is 4.98 Å². The molecular formula is C22H22N4OS. The summed E-state index contributed by atoms with van der Waals surface area (Å²) in [6.07, 6.45) is 0.355. The van der Waals surface area contributed by atoms with Gasteiger partial charge in [0.05, 0.1) is 28.9 Å². The second kappa shape index (κ2) is 7.94. The number of para-hydroxylation sites is 1. The van der Waals surface area contributed by atoms with Crippen molar-refractivity contribution < 1.29 is 4.79 Å². The quantitative estimate of drug-likeness (QED) is 0.491. The predicted molar refractivity (Wildman–Crippen MR) is 114 cm³/mol. The fraction of sp³-hybridized carbons (Fsp3) is 0.227. The van der Waals surface area contributed by atoms with Crippen LogP contribution in [0.15, 0.2) is 60.7 Å². The van der Waals surface area contributed by atoms with Gasteiger partial charge in [-0.25, -0.2) is 4.98 Å². The Labute approximate surface area is 168 Å². The van der Waals surface area contributed by atoms with E-state index in [0.717, 1.165) is 32.3 Å². The molecule has 28 heavy (non-hydrogen) atoms. The Morgan fingerprint density at radius 2 is 1.82 bits per heavy atom. The lowest BCUT2D eigenvalue weighted by atomic mass is 10.1. The van der Waals surface area contributed by atoms with Crippen molar-refractivity contribution in [2.45, 2.75) is 26.8 Å². The molecule has 0 aliphatic heterocycles. The Morgan fingerprint density at radius 3 is 2.54 bits per heavy atom. The first-order valence-electron chi connectivity index (χ1n) is 9.31. The highest BCUT2D eigenvalue weighted by atomic mass is 32.1. The van der Waals surface area contributed by atoms with Gasteiger partial charge in [-0.05, 0) is 37.6 Å². The van der Waals surface area contributed by atoms with Crippen LogP contribution in [0.25, 0.3) is 10.2 Å². The third kappa shape index (κ3) is 3.97. The molecule has 6 heteroatoms. The minimum atomic E-state index is 0.0480. The number of nitrogens with zero attached hydrogens (tertiary/aromatic N) is 4. The van der Waals surface area contributed by atoms with Crippen LogP contribution in [-0.4, -0.2) is 27.2 Å². The molecule has 0 atom stereocenters. The van der Waals surface area contributed by atoms with E-state index in [0.29, 0.717) is 19.5 Å². The molecule has 0 unspecified atom stereocenters. The molecule has 4 rings (SSSR count). The number of aromatic nitrogens is 3. The first-order chi connectivity index (χ1) is 13.6. The number of amides is 1. The van der Waals surface area contributed by atoms with Crippen LogP contribution in [0.4, 0.5) is 5.13 Å². The summed E-state index contributed by atoms with van der Waals surface area (Å²) < 4.78 is 3.03. The van der Waals surface area contributed by atoms with Gasteiger partial charge in [0.15, 0.2) is 5.13 Å². The average Bonchev–Trinajstić information content (AvgIpc) is 3.25. The zero-order chi connectivity index (χ0) is 19.5. The summed E-state index contributed by atoms with van der Waals surface area (Å²) in [6.45, 7) is 5.19. The van der Waals surface area contributed by atoms with Gasteiger partial charge >= 0.3 is 0 Å². The highest BCUT2D eigenvalue weighted by molar-refractivity contribution is 7.22. The number of thiazole rings is 1. The number of carbonyl (C=O) groups excluding carboxylic acids is 1. The largest absolute Gasteiger partial charge is 0.286 e. The zero-order valence-electron chi connectivity index (χ0n) is 16.0. The maximum absolute atomic E-state index is 13.2. The number of fused-ring (bicyclic) bond motifs is 1. The Balaban J connectivity index is 1.61. The molecular weight excluding hydrogens is 368 g/mol. The Kier molecular flexibility index (Phi) is 5.21. The molecule has 2 aromatic heterocycles. The van der Waals surface area contributed by atoms with Crippen LogP contribution >= 0.6 is 11.3 Å². The molecule has 0 aliphatic carbocycles. The van der Waals surface area contributed by atoms with Gasteiger partial charge < -0.3 is 0 Å². The average molecular weight is 391 g/mol. The van der Waals surface area contributed by atoms with E-state index < -0.39 is 0 Å². The molecule has 2 aromatic carbocycles. The van der Waals surface area contributed by atoms with Crippen molar-refractivity contribution in [1.82, 2.24) is 14.8 Å². The van der Waals surface area contributed by atoms with Gasteiger partial charge in [0.1, 0.15) is 0 Å². The van der Waals surface area contributed by atoms with Crippen LogP contribution in [0.5, 0.6) is 0 Å². The van der Waals surface area contributed by atoms with Gasteiger partial charge in [-0.1, -0.05) is 53.8 Å². The number of hydrogen-bond donors (Lipinski definition) is 0. The van der Waals surface area contributed by atoms with Crippen LogP contribution < -0.4 is 4.90 Å². The van der Waals surface area contributed by atoms with E-state index >= 15 is 0 Å². The normalized spacial score (nSPS) is 11.1. The first-order valence-corrected chi connectivity index (χ1v) is 10.1. The van der Waals surface area contributed by atoms with Crippen LogP contribution in [0.1, 0.15) is 17.0 Å². The Morgan fingerprint density at radius 1 is 1.07 bits per heavy atom. The van der Waals surface area contributed by atoms with Crippen LogP contribution in [0.3, 0.4) is 0 Å². The zero-order valence-corrected chi connectivity index (χ0v) is 16.8. The van der Waals surface area contributed by atoms with Crippen molar-refractivity contribution in [2.24, 2.45) is 0 Å². The highest BCUT2D eigenvalue weighted by Crippen LogP contribution is 2.29. The van der Waals surface area contributed by atoms with Gasteiger partial charge in [-0.15, -0.1) is 0 Å². The van der Waals surface area contributed by atoms with Crippen LogP contribution in [-0.2, 0) is 17.8 Å². The van der Waals surface area contributed by atoms with Crippen LogP contribution in [0.2, 0.25) is 0 Å². The van der Waals surface area contributed by atoms with E-state index in [-0.39, 0.29) is 5.91 Å². The summed E-state index contributed by atoms with van der Waals surface area (Å²) >= 11 is 1.55. The predicted octanol–water partition coefficient (Wildman–Crippen LogP) is 4.39. The molecule has 0 saturated heterocycles. The topological polar surface area (TPSA) is 51.0 Å². The summed E-state index contributed by atoms with van der Waals surface area (Å²) in [5.74, 6) is 0.0480. The summed E-state index contributed by atoms with van der Waals surface area (Å²) in [5.41, 5.74) is 4.01. The van der Waals surface area contributed by atoms with Gasteiger partial charge in [0, 0.05) is 12.2 Å². The van der Waals surface area contributed by atoms with Crippen LogP contribution in [0, 0.1) is 13.8 Å². The number of benzene rings is 2. The number of rotatable bonds is 6. The molecule has 5 nitrogen and oxygen atoms in total. The van der Waals surface area contributed by atoms with Crippen molar-refractivity contribution in [2.75, 3.05) is 11.4 Å². The molecule has 0 radical (unpaired) electrons. The number of carbonyl (C=O) groups is 1. The molecule has 0 N–H and O–H groups in total. The standard InChI is InChI=1S/C22H22N4OS/c1-16-14-17(2)26(24-16)13-12-25(21(27)15-18-8-4-3-5-9-18)22-23-19-10-6-7-11-20(19)28-22/h3-11,14H,12-13,15H2,1-2H3. The second-order valence-corrected chi connectivity index (χ2v) is 7.83. The molecule has 4 aromatic rings. The summed E-state index contributed by atoms with van der Waals surface area (Å²) in [7, 11) is 0. The molecule has 1 amide bonds. The van der Waals surface area contributed by atoms with E-state index in [2.05, 4.69) is 5.10 Å². The van der Waals surface area contributed by atoms with Gasteiger partial charge in [0.25, 0.3) is 0 Å². The molecule has 2 heterocycles. The lowest BCUT2D eigenvalue weighted by Crippen LogP contribution is -2.35. The van der Waals surface area contributed by atoms with E-state index in [9.17, 15) is 4.79 Å². The monoisotopic (exact) mass is 390 g/mol. The third-order valence-corrected chi connectivity index (χ3v) is 5.71. The second-order valence-electron chi connectivity index (χ2n) is 6.82. The van der Waals surface area contributed by atoms with E-state index in [1.165, 1.54) is 0 Å². The summed E-state index contributed by atoms with van der Waals surface area (Å²) in [5, 5.41) is 5.26. The molecule has 0 aliphatic rings. The third-order valence-electron chi connectivity index (χ3n) is 4.65. The fourth-order valence-corrected chi connectivity index (χ4v) is 4.27. The van der Waals surface area contributed by atoms with E-state index in [1.54, 1.807) is 16.2 Å². The minimum absolute atomic E-state index is 0.0480. The maximum atomic E-state index is 13.2. The smallest absolute Gasteiger partial charge is 0.233 e. The fourth-order valence-electron chi connectivity index (χ4n) is 3.26. The van der Waals surface area contributed by atoms with Crippen molar-refractivity contribution in [3.8, 4) is 0 Å².